The van der Waals surface area contributed by atoms with Gasteiger partial charge in [0.05, 0.1) is 0 Å². The highest BCUT2D eigenvalue weighted by atomic mass is 79.9. The van der Waals surface area contributed by atoms with Crippen molar-refractivity contribution in [3.05, 3.63) is 0 Å². The summed E-state index contributed by atoms with van der Waals surface area (Å²) in [6.07, 6.45) is 9.84. The Bertz CT molecular complexity index is 204. The van der Waals surface area contributed by atoms with Crippen LogP contribution in [0.1, 0.15) is 44.9 Å². The first-order chi connectivity index (χ1) is 8.40. The fourth-order valence-electron chi connectivity index (χ4n) is 3.33. The van der Waals surface area contributed by atoms with E-state index in [2.05, 4.69) is 25.7 Å². The third-order valence-corrected chi connectivity index (χ3v) is 4.85. The first-order valence-corrected chi connectivity index (χ1v) is 8.54. The van der Waals surface area contributed by atoms with Crippen molar-refractivity contribution < 1.29 is 0 Å². The van der Waals surface area contributed by atoms with Crippen LogP contribution in [0.4, 0.5) is 0 Å². The lowest BCUT2D eigenvalue weighted by atomic mass is 10.1. The van der Waals surface area contributed by atoms with E-state index in [-0.39, 0.29) is 0 Å². The fourth-order valence-corrected chi connectivity index (χ4v) is 3.66. The molecule has 0 aromatic heterocycles. The van der Waals surface area contributed by atoms with Gasteiger partial charge in [0.1, 0.15) is 0 Å². The number of alkyl halides is 1. The van der Waals surface area contributed by atoms with E-state index in [1.54, 1.807) is 0 Å². The number of halogens is 1. The summed E-state index contributed by atoms with van der Waals surface area (Å²) in [5.74, 6) is 0. The van der Waals surface area contributed by atoms with E-state index >= 15 is 0 Å². The van der Waals surface area contributed by atoms with E-state index in [9.17, 15) is 0 Å². The van der Waals surface area contributed by atoms with Crippen LogP contribution in [0.25, 0.3) is 0 Å². The summed E-state index contributed by atoms with van der Waals surface area (Å²) in [6, 6.07) is 0.895. The molecule has 0 spiro atoms. The molecule has 2 fully saturated rings. The van der Waals surface area contributed by atoms with Gasteiger partial charge in [-0.05, 0) is 77.7 Å². The van der Waals surface area contributed by atoms with Crippen LogP contribution in [-0.4, -0.2) is 53.9 Å². The molecule has 2 saturated heterocycles. The second kappa shape index (κ2) is 7.75. The Labute approximate surface area is 115 Å². The van der Waals surface area contributed by atoms with Crippen LogP contribution < -0.4 is 0 Å². The third kappa shape index (κ3) is 4.53. The zero-order chi connectivity index (χ0) is 11.9. The Morgan fingerprint density at radius 2 is 1.76 bits per heavy atom. The maximum absolute atomic E-state index is 3.55. The highest BCUT2D eigenvalue weighted by molar-refractivity contribution is 9.09. The predicted molar refractivity (Wildman–Crippen MR) is 77.9 cm³/mol. The quantitative estimate of drug-likeness (QED) is 0.667. The topological polar surface area (TPSA) is 6.48 Å². The number of hydrogen-bond acceptors (Lipinski definition) is 2. The number of nitrogens with zero attached hydrogens (tertiary/aromatic N) is 2. The van der Waals surface area contributed by atoms with Crippen LogP contribution in [0.3, 0.4) is 0 Å². The minimum Gasteiger partial charge on any atom is -0.303 e. The number of rotatable bonds is 7. The smallest absolute Gasteiger partial charge is 0.00960 e. The summed E-state index contributed by atoms with van der Waals surface area (Å²) < 4.78 is 0. The molecule has 0 amide bonds. The van der Waals surface area contributed by atoms with Crippen molar-refractivity contribution >= 4 is 15.9 Å². The Kier molecular flexibility index (Phi) is 6.30. The molecule has 2 heterocycles. The first kappa shape index (κ1) is 13.8. The SMILES string of the molecule is BrCCCC1CCCN1CCCN1CCCC1. The lowest BCUT2D eigenvalue weighted by Crippen LogP contribution is -2.32. The Hall–Kier alpha value is 0.400. The van der Waals surface area contributed by atoms with E-state index in [1.165, 1.54) is 83.0 Å². The average Bonchev–Trinajstić information content (AvgIpc) is 2.98. The Morgan fingerprint density at radius 1 is 0.941 bits per heavy atom. The summed E-state index contributed by atoms with van der Waals surface area (Å²) in [5.41, 5.74) is 0. The van der Waals surface area contributed by atoms with Gasteiger partial charge in [-0.15, -0.1) is 0 Å². The zero-order valence-corrected chi connectivity index (χ0v) is 12.6. The fraction of sp³-hybridized carbons (Fsp3) is 1.00. The zero-order valence-electron chi connectivity index (χ0n) is 11.0. The number of likely N-dealkylation sites (tertiary alicyclic amines) is 2. The standard InChI is InChI=1S/C14H27BrN2/c15-8-3-6-14-7-4-12-17(14)13-5-11-16-9-1-2-10-16/h14H,1-13H2. The second-order valence-electron chi connectivity index (χ2n) is 5.57. The van der Waals surface area contributed by atoms with Crippen molar-refractivity contribution in [1.82, 2.24) is 9.80 Å². The molecule has 0 aromatic rings. The first-order valence-electron chi connectivity index (χ1n) is 7.42. The van der Waals surface area contributed by atoms with E-state index in [0.29, 0.717) is 0 Å². The molecule has 17 heavy (non-hydrogen) atoms. The highest BCUT2D eigenvalue weighted by Crippen LogP contribution is 2.22. The minimum atomic E-state index is 0.895. The van der Waals surface area contributed by atoms with Gasteiger partial charge in [-0.25, -0.2) is 0 Å². The van der Waals surface area contributed by atoms with E-state index in [0.717, 1.165) is 6.04 Å². The summed E-state index contributed by atoms with van der Waals surface area (Å²) in [7, 11) is 0. The summed E-state index contributed by atoms with van der Waals surface area (Å²) >= 11 is 3.55. The molecule has 0 aliphatic carbocycles. The van der Waals surface area contributed by atoms with Crippen molar-refractivity contribution in [2.45, 2.75) is 51.0 Å². The van der Waals surface area contributed by atoms with Crippen molar-refractivity contribution in [3.8, 4) is 0 Å². The second-order valence-corrected chi connectivity index (χ2v) is 6.36. The molecule has 1 atom stereocenters. The maximum Gasteiger partial charge on any atom is 0.00960 e. The van der Waals surface area contributed by atoms with Gasteiger partial charge >= 0.3 is 0 Å². The third-order valence-electron chi connectivity index (χ3n) is 4.29. The largest absolute Gasteiger partial charge is 0.303 e. The summed E-state index contributed by atoms with van der Waals surface area (Å²) in [4.78, 5) is 5.39. The van der Waals surface area contributed by atoms with Crippen LogP contribution in [0.15, 0.2) is 0 Å². The molecule has 2 aliphatic heterocycles. The van der Waals surface area contributed by atoms with E-state index in [1.807, 2.05) is 0 Å². The van der Waals surface area contributed by atoms with Crippen molar-refractivity contribution in [3.63, 3.8) is 0 Å². The molecule has 100 valence electrons. The molecular weight excluding hydrogens is 276 g/mol. The molecule has 3 heteroatoms. The van der Waals surface area contributed by atoms with Gasteiger partial charge in [0.15, 0.2) is 0 Å². The molecule has 1 unspecified atom stereocenters. The van der Waals surface area contributed by atoms with Gasteiger partial charge in [-0.1, -0.05) is 15.9 Å². The monoisotopic (exact) mass is 302 g/mol. The predicted octanol–water partition coefficient (Wildman–Crippen LogP) is 3.11. The van der Waals surface area contributed by atoms with Crippen LogP contribution in [-0.2, 0) is 0 Å². The molecule has 0 aromatic carbocycles. The van der Waals surface area contributed by atoms with Gasteiger partial charge in [0, 0.05) is 11.4 Å². The summed E-state index contributed by atoms with van der Waals surface area (Å²) in [5, 5.41) is 1.17. The molecule has 0 radical (unpaired) electrons. The Balaban J connectivity index is 1.59. The van der Waals surface area contributed by atoms with E-state index < -0.39 is 0 Å². The molecule has 0 bridgehead atoms. The molecule has 2 rings (SSSR count). The molecular formula is C14H27BrN2. The van der Waals surface area contributed by atoms with Gasteiger partial charge in [-0.3, -0.25) is 0 Å². The molecule has 0 saturated carbocycles. The Morgan fingerprint density at radius 3 is 2.53 bits per heavy atom. The van der Waals surface area contributed by atoms with Crippen molar-refractivity contribution in [1.29, 1.82) is 0 Å². The highest BCUT2D eigenvalue weighted by Gasteiger charge is 2.23. The van der Waals surface area contributed by atoms with Gasteiger partial charge < -0.3 is 9.80 Å². The van der Waals surface area contributed by atoms with E-state index in [4.69, 9.17) is 0 Å². The average molecular weight is 303 g/mol. The van der Waals surface area contributed by atoms with Crippen molar-refractivity contribution in [2.24, 2.45) is 0 Å². The molecule has 0 N–H and O–H groups in total. The van der Waals surface area contributed by atoms with Crippen LogP contribution in [0.2, 0.25) is 0 Å². The molecule has 2 nitrogen and oxygen atoms in total. The van der Waals surface area contributed by atoms with Crippen LogP contribution in [0.5, 0.6) is 0 Å². The maximum atomic E-state index is 3.55. The lowest BCUT2D eigenvalue weighted by molar-refractivity contribution is 0.222. The normalized spacial score (nSPS) is 27.0. The minimum absolute atomic E-state index is 0.895. The van der Waals surface area contributed by atoms with Gasteiger partial charge in [0.2, 0.25) is 0 Å². The summed E-state index contributed by atoms with van der Waals surface area (Å²) in [6.45, 7) is 6.73. The molecule has 2 aliphatic rings. The van der Waals surface area contributed by atoms with Crippen molar-refractivity contribution in [2.75, 3.05) is 38.1 Å². The van der Waals surface area contributed by atoms with Crippen LogP contribution in [0, 0.1) is 0 Å². The van der Waals surface area contributed by atoms with Gasteiger partial charge in [-0.2, -0.15) is 0 Å². The van der Waals surface area contributed by atoms with Crippen LogP contribution >= 0.6 is 15.9 Å². The van der Waals surface area contributed by atoms with Gasteiger partial charge in [0.25, 0.3) is 0 Å². The lowest BCUT2D eigenvalue weighted by Gasteiger charge is -2.25. The number of hydrogen-bond donors (Lipinski definition) is 0.